The van der Waals surface area contributed by atoms with Gasteiger partial charge in [-0.1, -0.05) is 28.1 Å². The van der Waals surface area contributed by atoms with Crippen molar-refractivity contribution in [2.45, 2.75) is 13.5 Å². The molecule has 5 nitrogen and oxygen atoms in total. The van der Waals surface area contributed by atoms with Crippen LogP contribution < -0.4 is 5.43 Å². The van der Waals surface area contributed by atoms with Gasteiger partial charge in [-0.25, -0.2) is 10.4 Å². The van der Waals surface area contributed by atoms with Gasteiger partial charge in [0, 0.05) is 16.6 Å². The summed E-state index contributed by atoms with van der Waals surface area (Å²) < 4.78 is 2.93. The number of hydrogen-bond donors (Lipinski definition) is 2. The molecular weight excluding hydrogens is 344 g/mol. The van der Waals surface area contributed by atoms with Gasteiger partial charge in [0.1, 0.15) is 5.75 Å². The minimum atomic E-state index is 0.178. The Morgan fingerprint density at radius 1 is 1.32 bits per heavy atom. The van der Waals surface area contributed by atoms with Crippen molar-refractivity contribution in [2.24, 2.45) is 5.10 Å². The Hall–Kier alpha value is -2.34. The van der Waals surface area contributed by atoms with E-state index in [1.165, 1.54) is 0 Å². The number of hydrogen-bond acceptors (Lipinski definition) is 4. The van der Waals surface area contributed by atoms with Gasteiger partial charge in [-0.15, -0.1) is 0 Å². The molecule has 0 saturated heterocycles. The lowest BCUT2D eigenvalue weighted by Crippen LogP contribution is -2.01. The van der Waals surface area contributed by atoms with Crippen molar-refractivity contribution in [3.8, 4) is 5.75 Å². The second-order valence-electron chi connectivity index (χ2n) is 4.74. The van der Waals surface area contributed by atoms with Crippen LogP contribution in [0.5, 0.6) is 5.75 Å². The minimum Gasteiger partial charge on any atom is -0.507 e. The number of phenols is 1. The van der Waals surface area contributed by atoms with E-state index in [2.05, 4.69) is 38.4 Å². The van der Waals surface area contributed by atoms with E-state index in [1.54, 1.807) is 24.4 Å². The van der Waals surface area contributed by atoms with Gasteiger partial charge in [-0.3, -0.25) is 0 Å². The molecule has 0 unspecified atom stereocenters. The quantitative estimate of drug-likeness (QED) is 0.547. The van der Waals surface area contributed by atoms with Crippen molar-refractivity contribution < 1.29 is 5.11 Å². The number of aryl methyl sites for hydroxylation is 1. The molecule has 0 saturated carbocycles. The van der Waals surface area contributed by atoms with Crippen molar-refractivity contribution >= 4 is 39.1 Å². The van der Waals surface area contributed by atoms with Gasteiger partial charge in [0.25, 0.3) is 0 Å². The zero-order chi connectivity index (χ0) is 15.5. The Bertz CT molecular complexity index is 841. The molecule has 3 rings (SSSR count). The van der Waals surface area contributed by atoms with Crippen LogP contribution in [0.2, 0.25) is 0 Å². The van der Waals surface area contributed by atoms with E-state index in [4.69, 9.17) is 0 Å². The molecule has 0 fully saturated rings. The number of aromatic nitrogens is 2. The number of anilines is 1. The first-order valence-electron chi connectivity index (χ1n) is 6.92. The summed E-state index contributed by atoms with van der Waals surface area (Å²) >= 11 is 3.37. The normalized spacial score (nSPS) is 11.4. The maximum Gasteiger partial charge on any atom is 0.224 e. The number of nitrogens with one attached hydrogen (secondary N) is 1. The first-order chi connectivity index (χ1) is 10.7. The highest BCUT2D eigenvalue weighted by atomic mass is 79.9. The third-order valence-corrected chi connectivity index (χ3v) is 3.82. The lowest BCUT2D eigenvalue weighted by atomic mass is 10.2. The molecule has 2 aromatic carbocycles. The third-order valence-electron chi connectivity index (χ3n) is 3.33. The Labute approximate surface area is 136 Å². The number of nitrogens with zero attached hydrogens (tertiary/aromatic N) is 3. The summed E-state index contributed by atoms with van der Waals surface area (Å²) in [5.41, 5.74) is 5.56. The van der Waals surface area contributed by atoms with E-state index < -0.39 is 0 Å². The van der Waals surface area contributed by atoms with Crippen molar-refractivity contribution in [1.82, 2.24) is 9.55 Å². The molecule has 0 amide bonds. The number of benzene rings is 2. The van der Waals surface area contributed by atoms with Gasteiger partial charge in [-0.05, 0) is 37.3 Å². The lowest BCUT2D eigenvalue weighted by Gasteiger charge is -2.04. The smallest absolute Gasteiger partial charge is 0.224 e. The van der Waals surface area contributed by atoms with E-state index in [0.29, 0.717) is 11.5 Å². The van der Waals surface area contributed by atoms with Crippen LogP contribution in [0.3, 0.4) is 0 Å². The average molecular weight is 359 g/mol. The summed E-state index contributed by atoms with van der Waals surface area (Å²) in [6.45, 7) is 2.85. The van der Waals surface area contributed by atoms with Gasteiger partial charge in [0.15, 0.2) is 0 Å². The fourth-order valence-electron chi connectivity index (χ4n) is 2.27. The average Bonchev–Trinajstić information content (AvgIpc) is 2.88. The summed E-state index contributed by atoms with van der Waals surface area (Å²) in [5.74, 6) is 0.854. The molecule has 1 aromatic heterocycles. The highest BCUT2D eigenvalue weighted by Gasteiger charge is 2.07. The van der Waals surface area contributed by atoms with Gasteiger partial charge >= 0.3 is 0 Å². The van der Waals surface area contributed by atoms with Crippen LogP contribution in [0.1, 0.15) is 12.5 Å². The molecule has 1 heterocycles. The molecule has 112 valence electrons. The summed E-state index contributed by atoms with van der Waals surface area (Å²) in [4.78, 5) is 4.52. The van der Waals surface area contributed by atoms with Crippen LogP contribution in [-0.4, -0.2) is 20.9 Å². The monoisotopic (exact) mass is 358 g/mol. The molecule has 0 atom stereocenters. The number of hydrazone groups is 1. The van der Waals surface area contributed by atoms with E-state index in [9.17, 15) is 5.11 Å². The molecule has 3 aromatic rings. The van der Waals surface area contributed by atoms with Gasteiger partial charge < -0.3 is 9.67 Å². The van der Waals surface area contributed by atoms with Crippen molar-refractivity contribution in [2.75, 3.05) is 5.43 Å². The highest BCUT2D eigenvalue weighted by molar-refractivity contribution is 9.10. The number of fused-ring (bicyclic) bond motifs is 1. The summed E-state index contributed by atoms with van der Waals surface area (Å²) in [6, 6.07) is 13.1. The maximum absolute atomic E-state index is 9.79. The van der Waals surface area contributed by atoms with Crippen LogP contribution in [0, 0.1) is 0 Å². The van der Waals surface area contributed by atoms with Gasteiger partial charge in [0.05, 0.1) is 17.2 Å². The molecule has 22 heavy (non-hydrogen) atoms. The Kier molecular flexibility index (Phi) is 4.11. The second-order valence-corrected chi connectivity index (χ2v) is 5.66. The Balaban J connectivity index is 1.87. The number of para-hydroxylation sites is 2. The molecule has 0 spiro atoms. The van der Waals surface area contributed by atoms with Crippen LogP contribution >= 0.6 is 15.9 Å². The van der Waals surface area contributed by atoms with Gasteiger partial charge in [-0.2, -0.15) is 5.10 Å². The van der Waals surface area contributed by atoms with Crippen LogP contribution in [0.15, 0.2) is 52.0 Å². The summed E-state index contributed by atoms with van der Waals surface area (Å²) in [6.07, 6.45) is 1.57. The molecule has 6 heteroatoms. The summed E-state index contributed by atoms with van der Waals surface area (Å²) in [7, 11) is 0. The number of halogens is 1. The van der Waals surface area contributed by atoms with Crippen molar-refractivity contribution in [3.05, 3.63) is 52.5 Å². The SMILES string of the molecule is CCn1c(N/N=C\c2cc(Br)ccc2O)nc2ccccc21. The van der Waals surface area contributed by atoms with E-state index in [0.717, 1.165) is 22.1 Å². The lowest BCUT2D eigenvalue weighted by molar-refractivity contribution is 0.474. The Morgan fingerprint density at radius 2 is 2.14 bits per heavy atom. The van der Waals surface area contributed by atoms with Crippen LogP contribution in [-0.2, 0) is 6.54 Å². The zero-order valence-electron chi connectivity index (χ0n) is 12.0. The number of rotatable bonds is 4. The first-order valence-corrected chi connectivity index (χ1v) is 7.71. The molecule has 0 aliphatic carbocycles. The molecule has 0 bridgehead atoms. The van der Waals surface area contributed by atoms with Gasteiger partial charge in [0.2, 0.25) is 5.95 Å². The zero-order valence-corrected chi connectivity index (χ0v) is 13.6. The van der Waals surface area contributed by atoms with Crippen LogP contribution in [0.4, 0.5) is 5.95 Å². The van der Waals surface area contributed by atoms with Crippen molar-refractivity contribution in [1.29, 1.82) is 0 Å². The largest absolute Gasteiger partial charge is 0.507 e. The minimum absolute atomic E-state index is 0.178. The van der Waals surface area contributed by atoms with E-state index in [-0.39, 0.29) is 5.75 Å². The van der Waals surface area contributed by atoms with Crippen molar-refractivity contribution in [3.63, 3.8) is 0 Å². The standard InChI is InChI=1S/C16H15BrN4O/c1-2-21-14-6-4-3-5-13(14)19-16(21)20-18-10-11-9-12(17)7-8-15(11)22/h3-10,22H,2H2,1H3,(H,19,20)/b18-10-. The number of imidazole rings is 1. The number of phenolic OH excluding ortho intramolecular Hbond substituents is 1. The third kappa shape index (κ3) is 2.82. The predicted octanol–water partition coefficient (Wildman–Crippen LogP) is 3.97. The fraction of sp³-hybridized carbons (Fsp3) is 0.125. The summed E-state index contributed by atoms with van der Waals surface area (Å²) in [5, 5.41) is 14.0. The molecule has 0 radical (unpaired) electrons. The second kappa shape index (κ2) is 6.19. The highest BCUT2D eigenvalue weighted by Crippen LogP contribution is 2.21. The molecule has 2 N–H and O–H groups in total. The van der Waals surface area contributed by atoms with E-state index >= 15 is 0 Å². The predicted molar refractivity (Wildman–Crippen MR) is 92.4 cm³/mol. The number of aromatic hydroxyl groups is 1. The molecule has 0 aliphatic rings. The van der Waals surface area contributed by atoms with E-state index in [1.807, 2.05) is 28.8 Å². The maximum atomic E-state index is 9.79. The molecular formula is C16H15BrN4O. The molecule has 0 aliphatic heterocycles. The topological polar surface area (TPSA) is 62.4 Å². The first kappa shape index (κ1) is 14.6. The Morgan fingerprint density at radius 3 is 2.95 bits per heavy atom. The van der Waals surface area contributed by atoms with Crippen LogP contribution in [0.25, 0.3) is 11.0 Å². The fourth-order valence-corrected chi connectivity index (χ4v) is 2.65.